The summed E-state index contributed by atoms with van der Waals surface area (Å²) in [7, 11) is 0.579. The molecule has 0 saturated carbocycles. The smallest absolute Gasteiger partial charge is 0.724 e. The van der Waals surface area contributed by atoms with Crippen LogP contribution >= 0.6 is 0 Å². The molecule has 2 N–H and O–H groups in total. The summed E-state index contributed by atoms with van der Waals surface area (Å²) in [6.07, 6.45) is 5.55. The summed E-state index contributed by atoms with van der Waals surface area (Å²) in [6.45, 7) is 13.1. The van der Waals surface area contributed by atoms with Gasteiger partial charge in [0.2, 0.25) is 10.4 Å². The van der Waals surface area contributed by atoms with E-state index in [4.69, 9.17) is 19.6 Å². The fourth-order valence-corrected chi connectivity index (χ4v) is 14.7. The second-order valence-electron chi connectivity index (χ2n) is 26.9. The summed E-state index contributed by atoms with van der Waals surface area (Å²) in [4.78, 5) is 144. The normalized spacial score (nSPS) is 18.7. The first kappa shape index (κ1) is 82.1. The van der Waals surface area contributed by atoms with E-state index >= 15 is 0 Å². The monoisotopic (exact) mass is 1550 g/mol. The number of nitrogens with zero attached hydrogens (tertiary/aromatic N) is 13. The van der Waals surface area contributed by atoms with Crippen LogP contribution in [0.4, 0.5) is 9.59 Å². The number of rotatable bonds is 17. The molecule has 5 aromatic carbocycles. The number of carbonyl (C=O) groups is 9. The third-order valence-electron chi connectivity index (χ3n) is 19.3. The first-order chi connectivity index (χ1) is 54.3. The van der Waals surface area contributed by atoms with Crippen molar-refractivity contribution in [1.29, 1.82) is 0 Å². The van der Waals surface area contributed by atoms with Gasteiger partial charge in [0.1, 0.15) is 12.1 Å². The van der Waals surface area contributed by atoms with Gasteiger partial charge < -0.3 is 57.9 Å². The number of para-hydroxylation sites is 5. The van der Waals surface area contributed by atoms with Crippen molar-refractivity contribution in [3.8, 4) is 0 Å². The van der Waals surface area contributed by atoms with Crippen molar-refractivity contribution in [2.45, 2.75) is 63.4 Å². The van der Waals surface area contributed by atoms with Crippen LogP contribution in [0, 0.1) is 0 Å². The van der Waals surface area contributed by atoms with Crippen molar-refractivity contribution in [3.05, 3.63) is 233 Å². The fourth-order valence-electron chi connectivity index (χ4n) is 14.3. The SMILES string of the molecule is C=CCON1C(=O)N2Cc3nc4ccccc4cc3C1C2.C=CCONC1CN([B]C=O)Cc2nc3ccccc3cc21.O=C1N2Cc3nc4ccccc4cc3C(C2)N1OS(=O)(=O)[O-].O=C[B]N1CC(=O)CC(=O)C1.O=C[B]N1CC(=O)c2cc3ccccc3nc2C1.O=C[B]N1Cc2nc3ccccc3cc2C(O)C1.[Na+]. The van der Waals surface area contributed by atoms with Crippen molar-refractivity contribution < 1.29 is 105 Å². The average molecular weight is 1550 g/mol. The van der Waals surface area contributed by atoms with E-state index in [9.17, 15) is 61.2 Å². The number of ketones is 3. The topological polar surface area (TPSA) is 361 Å². The number of carbonyl (C=O) groups excluding carboxylic acids is 9. The van der Waals surface area contributed by atoms with Gasteiger partial charge in [0.05, 0.1) is 145 Å². The van der Waals surface area contributed by atoms with Crippen molar-refractivity contribution in [3.63, 3.8) is 0 Å². The Kier molecular flexibility index (Phi) is 27.3. The number of amides is 4. The van der Waals surface area contributed by atoms with Crippen molar-refractivity contribution >= 4 is 149 Å². The Morgan fingerprint density at radius 1 is 0.469 bits per heavy atom. The number of fused-ring (bicyclic) bond motifs is 16. The molecular formula is C77H71B4N14NaO16S. The number of piperidine rings is 1. The number of pyridine rings is 5. The van der Waals surface area contributed by atoms with Gasteiger partial charge in [-0.1, -0.05) is 103 Å². The van der Waals surface area contributed by atoms with E-state index in [0.29, 0.717) is 93.3 Å². The maximum Gasteiger partial charge on any atom is 1.00 e. The number of hydroxylamine groups is 5. The first-order valence-electron chi connectivity index (χ1n) is 35.6. The van der Waals surface area contributed by atoms with Crippen LogP contribution in [0.15, 0.2) is 177 Å². The maximum absolute atomic E-state index is 12.3. The van der Waals surface area contributed by atoms with E-state index in [2.05, 4.69) is 50.0 Å². The van der Waals surface area contributed by atoms with Gasteiger partial charge >= 0.3 is 41.6 Å². The van der Waals surface area contributed by atoms with Crippen LogP contribution in [0.2, 0.25) is 0 Å². The van der Waals surface area contributed by atoms with E-state index in [1.807, 2.05) is 144 Å². The number of β-amino-alcohol motifs (C(OH)–C–C–N with tert-alkyl or cyclic N) is 1. The van der Waals surface area contributed by atoms with Gasteiger partial charge in [-0.05, 0) is 66.2 Å². The number of aliphatic hydroxyl groups excluding tert-OH is 1. The summed E-state index contributed by atoms with van der Waals surface area (Å²) in [6, 6.07) is 47.5. The van der Waals surface area contributed by atoms with Gasteiger partial charge in [-0.2, -0.15) is 19.9 Å². The minimum Gasteiger partial charge on any atom is -0.724 e. The Morgan fingerprint density at radius 2 is 0.850 bits per heavy atom. The van der Waals surface area contributed by atoms with Crippen LogP contribution in [0.3, 0.4) is 0 Å². The Bertz CT molecular complexity index is 5440. The fraction of sp³-hybridized carbons (Fsp3) is 0.247. The van der Waals surface area contributed by atoms with Crippen LogP contribution in [0.25, 0.3) is 54.5 Å². The molecule has 4 atom stereocenters. The number of aliphatic hydroxyl groups is 1. The predicted molar refractivity (Wildman–Crippen MR) is 415 cm³/mol. The number of benzene rings is 5. The second kappa shape index (κ2) is 37.5. The van der Waals surface area contributed by atoms with E-state index < -0.39 is 28.6 Å². The second-order valence-corrected chi connectivity index (χ2v) is 27.9. The Hall–Kier alpha value is -10.3. The van der Waals surface area contributed by atoms with Gasteiger partial charge in [0, 0.05) is 95.0 Å². The predicted octanol–water partition coefficient (Wildman–Crippen LogP) is 2.75. The van der Waals surface area contributed by atoms with Gasteiger partial charge in [-0.25, -0.2) is 18.0 Å². The molecular weight excluding hydrogens is 1480 g/mol. The Labute approximate surface area is 674 Å². The molecule has 113 heavy (non-hydrogen) atoms. The standard InChI is InChI=1S/C16H17BN3O2.C16H15N3O2.C13H12BN2O2.C13H10BN2O2.C13H11N3O5S.C6H7BNO3.Na/c1-2-7-22-19-16-10-20(17-11-21)9-15-13(16)8-12-5-3-4-6-14(12)18-15;1-2-7-21-19-15-10-18(16(19)20)9-14-12(15)8-11-5-3-4-6-13(11)17-14;2*17-8-14-16-6-12-10(13(18)7-16)5-9-3-1-2-4-11(9)15-12;17-13-15-6-11-9(5-8-3-1-2-4-10(8)14-11)12(7-15)16(13)21-22(18,19)20;9-4-7-8-2-5(10)1-6(11)3-8;/h2-6,8,11,16,19H,1,7,9-10H2;2-6,8,15H,1,7,9-10H2;1-5,8,13,18H,6-7H2;1-5,8H,6-7H2;1-5,12H,6-7H2,(H,18,19,20);4H,1-3H2;/q;;;;;;+1/p-1. The number of urea groups is 2. The van der Waals surface area contributed by atoms with Gasteiger partial charge in [0.15, 0.2) is 17.3 Å². The van der Waals surface area contributed by atoms with Crippen LogP contribution in [-0.4, -0.2) is 225 Å². The quantitative estimate of drug-likeness (QED) is 0.0193. The van der Waals surface area contributed by atoms with Gasteiger partial charge in [0.25, 0.3) is 29.7 Å². The summed E-state index contributed by atoms with van der Waals surface area (Å²) in [5.74, 6) is -0.244. The molecule has 18 rings (SSSR count). The molecule has 4 unspecified atom stereocenters. The van der Waals surface area contributed by atoms with Crippen molar-refractivity contribution in [2.75, 3.05) is 59.0 Å². The summed E-state index contributed by atoms with van der Waals surface area (Å²) >= 11 is 0. The van der Waals surface area contributed by atoms with Crippen LogP contribution in [0.5, 0.6) is 0 Å². The minimum atomic E-state index is -5.02. The molecule has 0 aliphatic carbocycles. The molecule has 8 aliphatic rings. The number of hydrogen-bond acceptors (Lipinski definition) is 26. The van der Waals surface area contributed by atoms with Crippen molar-refractivity contribution in [2.24, 2.45) is 0 Å². The molecule has 10 aromatic rings. The zero-order valence-electron chi connectivity index (χ0n) is 61.3. The van der Waals surface area contributed by atoms with E-state index in [0.717, 1.165) is 106 Å². The summed E-state index contributed by atoms with van der Waals surface area (Å²) in [5.41, 5.74) is 16.1. The summed E-state index contributed by atoms with van der Waals surface area (Å²) < 4.78 is 36.8. The van der Waals surface area contributed by atoms with Crippen LogP contribution in [0.1, 0.15) is 91.7 Å². The molecule has 4 radical (unpaired) electrons. The molecule has 4 amide bonds. The number of hydrogen-bond donors (Lipinski definition) is 2. The minimum absolute atomic E-state index is 0. The Balaban J connectivity index is 0.000000127. The third kappa shape index (κ3) is 19.7. The molecule has 8 aliphatic heterocycles. The number of aromatic nitrogens is 5. The Morgan fingerprint density at radius 3 is 1.32 bits per heavy atom. The molecule has 0 spiro atoms. The number of Topliss-reactive ketones (excluding diaryl/α,β-unsaturated/α-hetero) is 3. The third-order valence-corrected chi connectivity index (χ3v) is 19.6. The van der Waals surface area contributed by atoms with Crippen LogP contribution < -0.4 is 35.0 Å². The van der Waals surface area contributed by atoms with Gasteiger partial charge in [-0.3, -0.25) is 49.0 Å². The molecule has 3 saturated heterocycles. The molecule has 13 heterocycles. The molecule has 36 heteroatoms. The first-order valence-corrected chi connectivity index (χ1v) is 36.9. The summed E-state index contributed by atoms with van der Waals surface area (Å²) in [5, 5.41) is 17.3. The zero-order valence-corrected chi connectivity index (χ0v) is 64.1. The molecule has 564 valence electrons. The molecule has 30 nitrogen and oxygen atoms in total. The van der Waals surface area contributed by atoms with E-state index in [1.165, 1.54) is 37.0 Å². The van der Waals surface area contributed by atoms with E-state index in [1.54, 1.807) is 34.1 Å². The van der Waals surface area contributed by atoms with Gasteiger partial charge in [-0.15, -0.1) is 13.2 Å². The average Bonchev–Trinajstić information content (AvgIpc) is 1.63. The van der Waals surface area contributed by atoms with E-state index in [-0.39, 0.29) is 104 Å². The molecule has 3 fully saturated rings. The van der Waals surface area contributed by atoms with Crippen LogP contribution in [-0.2, 0) is 85.8 Å². The maximum atomic E-state index is 12.3. The largest absolute Gasteiger partial charge is 1.00 e. The number of nitrogens with one attached hydrogen (secondary N) is 1. The zero-order chi connectivity index (χ0) is 78.6. The molecule has 5 aromatic heterocycles. The molecule has 4 bridgehead atoms. The van der Waals surface area contributed by atoms with Crippen molar-refractivity contribution in [1.82, 2.24) is 69.6 Å².